The second-order valence-electron chi connectivity index (χ2n) is 4.12. The summed E-state index contributed by atoms with van der Waals surface area (Å²) in [6.07, 6.45) is 8.69. The molecular formula is C12H23N3. The molecular weight excluding hydrogens is 186 g/mol. The smallest absolute Gasteiger partial charge is 0.108 e. The van der Waals surface area contributed by atoms with Crippen molar-refractivity contribution in [3.8, 4) is 0 Å². The first-order valence-electron chi connectivity index (χ1n) is 5.95. The molecule has 0 saturated carbocycles. The van der Waals surface area contributed by atoms with E-state index in [0.717, 1.165) is 13.0 Å². The van der Waals surface area contributed by atoms with Crippen LogP contribution in [0.1, 0.15) is 38.9 Å². The van der Waals surface area contributed by atoms with Gasteiger partial charge in [0.05, 0.1) is 0 Å². The minimum absolute atomic E-state index is 0.611. The SMILES string of the molecule is CCCn1ccnc1CCCC(C)NC. The predicted molar refractivity (Wildman–Crippen MR) is 64.0 cm³/mol. The van der Waals surface area contributed by atoms with Gasteiger partial charge < -0.3 is 9.88 Å². The van der Waals surface area contributed by atoms with Crippen LogP contribution in [0.25, 0.3) is 0 Å². The highest BCUT2D eigenvalue weighted by atomic mass is 15.1. The van der Waals surface area contributed by atoms with Gasteiger partial charge in [0.1, 0.15) is 5.82 Å². The van der Waals surface area contributed by atoms with E-state index < -0.39 is 0 Å². The molecule has 1 unspecified atom stereocenters. The van der Waals surface area contributed by atoms with Gasteiger partial charge in [0.2, 0.25) is 0 Å². The van der Waals surface area contributed by atoms with E-state index in [4.69, 9.17) is 0 Å². The Morgan fingerprint density at radius 2 is 2.33 bits per heavy atom. The van der Waals surface area contributed by atoms with E-state index in [-0.39, 0.29) is 0 Å². The van der Waals surface area contributed by atoms with Crippen LogP contribution < -0.4 is 5.32 Å². The summed E-state index contributed by atoms with van der Waals surface area (Å²) in [4.78, 5) is 4.40. The van der Waals surface area contributed by atoms with Gasteiger partial charge in [-0.3, -0.25) is 0 Å². The van der Waals surface area contributed by atoms with Crippen molar-refractivity contribution in [2.24, 2.45) is 0 Å². The predicted octanol–water partition coefficient (Wildman–Crippen LogP) is 2.22. The lowest BCUT2D eigenvalue weighted by Gasteiger charge is -2.10. The number of nitrogens with zero attached hydrogens (tertiary/aromatic N) is 2. The van der Waals surface area contributed by atoms with Crippen LogP contribution in [0.15, 0.2) is 12.4 Å². The number of imidazole rings is 1. The molecule has 0 saturated heterocycles. The molecule has 86 valence electrons. The van der Waals surface area contributed by atoms with Crippen molar-refractivity contribution in [1.82, 2.24) is 14.9 Å². The Bertz CT molecular complexity index is 268. The van der Waals surface area contributed by atoms with Crippen molar-refractivity contribution in [3.05, 3.63) is 18.2 Å². The topological polar surface area (TPSA) is 29.9 Å². The largest absolute Gasteiger partial charge is 0.335 e. The molecule has 1 heterocycles. The second-order valence-corrected chi connectivity index (χ2v) is 4.12. The first-order valence-corrected chi connectivity index (χ1v) is 5.95. The van der Waals surface area contributed by atoms with Gasteiger partial charge >= 0.3 is 0 Å². The standard InChI is InChI=1S/C12H23N3/c1-4-9-15-10-8-14-12(15)7-5-6-11(2)13-3/h8,10-11,13H,4-7,9H2,1-3H3. The molecule has 0 spiro atoms. The van der Waals surface area contributed by atoms with Gasteiger partial charge in [0, 0.05) is 31.4 Å². The first-order chi connectivity index (χ1) is 7.27. The van der Waals surface area contributed by atoms with Crippen LogP contribution in [0.5, 0.6) is 0 Å². The van der Waals surface area contributed by atoms with Crippen LogP contribution >= 0.6 is 0 Å². The van der Waals surface area contributed by atoms with Gasteiger partial charge in [-0.1, -0.05) is 6.92 Å². The molecule has 0 radical (unpaired) electrons. The van der Waals surface area contributed by atoms with Gasteiger partial charge in [-0.15, -0.1) is 0 Å². The van der Waals surface area contributed by atoms with Gasteiger partial charge in [-0.2, -0.15) is 0 Å². The van der Waals surface area contributed by atoms with Crippen molar-refractivity contribution in [3.63, 3.8) is 0 Å². The molecule has 0 aliphatic carbocycles. The van der Waals surface area contributed by atoms with Gasteiger partial charge in [0.25, 0.3) is 0 Å². The summed E-state index contributed by atoms with van der Waals surface area (Å²) in [5, 5.41) is 3.26. The third-order valence-corrected chi connectivity index (χ3v) is 2.80. The first kappa shape index (κ1) is 12.2. The normalized spacial score (nSPS) is 13.0. The van der Waals surface area contributed by atoms with E-state index in [9.17, 15) is 0 Å². The average Bonchev–Trinajstić information content (AvgIpc) is 2.66. The summed E-state index contributed by atoms with van der Waals surface area (Å²) < 4.78 is 2.27. The highest BCUT2D eigenvalue weighted by Crippen LogP contribution is 2.06. The van der Waals surface area contributed by atoms with Crippen molar-refractivity contribution in [2.75, 3.05) is 7.05 Å². The van der Waals surface area contributed by atoms with E-state index in [2.05, 4.69) is 34.9 Å². The van der Waals surface area contributed by atoms with Crippen LogP contribution in [-0.2, 0) is 13.0 Å². The van der Waals surface area contributed by atoms with E-state index in [1.54, 1.807) is 0 Å². The highest BCUT2D eigenvalue weighted by Gasteiger charge is 2.03. The minimum Gasteiger partial charge on any atom is -0.335 e. The van der Waals surface area contributed by atoms with Gasteiger partial charge in [0.15, 0.2) is 0 Å². The summed E-state index contributed by atoms with van der Waals surface area (Å²) in [5.41, 5.74) is 0. The Morgan fingerprint density at radius 1 is 1.53 bits per heavy atom. The fourth-order valence-corrected chi connectivity index (χ4v) is 1.72. The van der Waals surface area contributed by atoms with E-state index in [1.807, 2.05) is 13.2 Å². The van der Waals surface area contributed by atoms with E-state index in [1.165, 1.54) is 25.1 Å². The zero-order valence-electron chi connectivity index (χ0n) is 10.2. The minimum atomic E-state index is 0.611. The fourth-order valence-electron chi connectivity index (χ4n) is 1.72. The van der Waals surface area contributed by atoms with Crippen LogP contribution in [-0.4, -0.2) is 22.6 Å². The lowest BCUT2D eigenvalue weighted by molar-refractivity contribution is 0.527. The number of rotatable bonds is 7. The number of hydrogen-bond donors (Lipinski definition) is 1. The van der Waals surface area contributed by atoms with Crippen molar-refractivity contribution in [2.45, 2.75) is 52.1 Å². The third-order valence-electron chi connectivity index (χ3n) is 2.80. The molecule has 15 heavy (non-hydrogen) atoms. The van der Waals surface area contributed by atoms with Crippen molar-refractivity contribution < 1.29 is 0 Å². The summed E-state index contributed by atoms with van der Waals surface area (Å²) in [5.74, 6) is 1.24. The van der Waals surface area contributed by atoms with Crippen molar-refractivity contribution >= 4 is 0 Å². The van der Waals surface area contributed by atoms with Crippen LogP contribution in [0.2, 0.25) is 0 Å². The molecule has 0 amide bonds. The maximum absolute atomic E-state index is 4.40. The Hall–Kier alpha value is -0.830. The molecule has 0 fully saturated rings. The Kier molecular flexibility index (Phi) is 5.40. The quantitative estimate of drug-likeness (QED) is 0.746. The fraction of sp³-hybridized carbons (Fsp3) is 0.750. The molecule has 1 atom stereocenters. The van der Waals surface area contributed by atoms with E-state index >= 15 is 0 Å². The summed E-state index contributed by atoms with van der Waals surface area (Å²) in [6, 6.07) is 0.611. The monoisotopic (exact) mass is 209 g/mol. The maximum Gasteiger partial charge on any atom is 0.108 e. The van der Waals surface area contributed by atoms with Crippen molar-refractivity contribution in [1.29, 1.82) is 0 Å². The Morgan fingerprint density at radius 3 is 3.00 bits per heavy atom. The van der Waals surface area contributed by atoms with E-state index in [0.29, 0.717) is 6.04 Å². The number of hydrogen-bond acceptors (Lipinski definition) is 2. The molecule has 3 nitrogen and oxygen atoms in total. The molecule has 0 aliphatic heterocycles. The second kappa shape index (κ2) is 6.62. The zero-order chi connectivity index (χ0) is 11.1. The molecule has 1 aromatic rings. The van der Waals surface area contributed by atoms with Gasteiger partial charge in [-0.05, 0) is 33.2 Å². The average molecular weight is 209 g/mol. The molecule has 1 N–H and O–H groups in total. The summed E-state index contributed by atoms with van der Waals surface area (Å²) >= 11 is 0. The number of aromatic nitrogens is 2. The molecule has 0 aromatic carbocycles. The summed E-state index contributed by atoms with van der Waals surface area (Å²) in [7, 11) is 2.02. The number of nitrogens with one attached hydrogen (secondary N) is 1. The lowest BCUT2D eigenvalue weighted by Crippen LogP contribution is -2.21. The lowest BCUT2D eigenvalue weighted by atomic mass is 10.1. The number of aryl methyl sites for hydroxylation is 2. The molecule has 1 rings (SSSR count). The van der Waals surface area contributed by atoms with Gasteiger partial charge in [-0.25, -0.2) is 4.98 Å². The Balaban J connectivity index is 2.33. The highest BCUT2D eigenvalue weighted by molar-refractivity contribution is 4.92. The molecule has 0 bridgehead atoms. The van der Waals surface area contributed by atoms with Crippen LogP contribution in [0.4, 0.5) is 0 Å². The summed E-state index contributed by atoms with van der Waals surface area (Å²) in [6.45, 7) is 5.52. The zero-order valence-corrected chi connectivity index (χ0v) is 10.2. The Labute approximate surface area is 92.9 Å². The molecule has 0 aliphatic rings. The van der Waals surface area contributed by atoms with Crippen LogP contribution in [0.3, 0.4) is 0 Å². The third kappa shape index (κ3) is 4.04. The van der Waals surface area contributed by atoms with Crippen LogP contribution in [0, 0.1) is 0 Å². The maximum atomic E-state index is 4.40. The molecule has 1 aromatic heterocycles. The molecule has 3 heteroatoms.